The van der Waals surface area contributed by atoms with Crippen LogP contribution in [0.4, 0.5) is 0 Å². The van der Waals surface area contributed by atoms with Crippen molar-refractivity contribution < 1.29 is 4.79 Å². The van der Waals surface area contributed by atoms with E-state index in [9.17, 15) is 4.79 Å². The first-order valence-corrected chi connectivity index (χ1v) is 11.3. The van der Waals surface area contributed by atoms with Gasteiger partial charge >= 0.3 is 0 Å². The van der Waals surface area contributed by atoms with Gasteiger partial charge in [0.15, 0.2) is 5.96 Å². The zero-order valence-corrected chi connectivity index (χ0v) is 20.9. The van der Waals surface area contributed by atoms with E-state index in [1.807, 2.05) is 11.9 Å². The van der Waals surface area contributed by atoms with Crippen LogP contribution in [-0.4, -0.2) is 110 Å². The van der Waals surface area contributed by atoms with E-state index in [4.69, 9.17) is 0 Å². The lowest BCUT2D eigenvalue weighted by Gasteiger charge is -2.40. The maximum absolute atomic E-state index is 12.7. The van der Waals surface area contributed by atoms with Crippen LogP contribution in [0.3, 0.4) is 0 Å². The molecule has 0 aromatic rings. The minimum atomic E-state index is -0.00388. The summed E-state index contributed by atoms with van der Waals surface area (Å²) in [6.45, 7) is 13.3. The highest BCUT2D eigenvalue weighted by Crippen LogP contribution is 2.16. The minimum Gasteiger partial charge on any atom is -0.355 e. The van der Waals surface area contributed by atoms with Gasteiger partial charge in [0.25, 0.3) is 0 Å². The number of piperazine rings is 1. The highest BCUT2D eigenvalue weighted by atomic mass is 127. The third-order valence-electron chi connectivity index (χ3n) is 6.77. The summed E-state index contributed by atoms with van der Waals surface area (Å²) < 4.78 is 0. The molecule has 1 N–H and O–H groups in total. The van der Waals surface area contributed by atoms with Crippen LogP contribution in [0.25, 0.3) is 0 Å². The SMILES string of the molecule is CN=C(NCCN1CCCCC1C)N1CCN(C(C)C(=O)N2CCCC2)CC1.I. The maximum atomic E-state index is 12.7. The highest BCUT2D eigenvalue weighted by Gasteiger charge is 2.30. The quantitative estimate of drug-likeness (QED) is 0.340. The normalized spacial score (nSPS) is 25.6. The number of rotatable bonds is 5. The van der Waals surface area contributed by atoms with Crippen molar-refractivity contribution in [3.63, 3.8) is 0 Å². The molecule has 7 nitrogen and oxygen atoms in total. The summed E-state index contributed by atoms with van der Waals surface area (Å²) in [6, 6.07) is 0.701. The van der Waals surface area contributed by atoms with Crippen molar-refractivity contribution in [2.45, 2.75) is 58.0 Å². The zero-order chi connectivity index (χ0) is 19.9. The first-order chi connectivity index (χ1) is 13.6. The molecule has 0 bridgehead atoms. The zero-order valence-electron chi connectivity index (χ0n) is 18.6. The van der Waals surface area contributed by atoms with E-state index >= 15 is 0 Å². The molecule has 3 aliphatic heterocycles. The Kier molecular flexibility index (Phi) is 10.5. The van der Waals surface area contributed by atoms with E-state index in [1.165, 1.54) is 25.8 Å². The fourth-order valence-electron chi connectivity index (χ4n) is 4.81. The van der Waals surface area contributed by atoms with Gasteiger partial charge in [0.1, 0.15) is 0 Å². The van der Waals surface area contributed by atoms with Crippen molar-refractivity contribution in [3.05, 3.63) is 0 Å². The fourth-order valence-corrected chi connectivity index (χ4v) is 4.81. The van der Waals surface area contributed by atoms with Crippen molar-refractivity contribution in [3.8, 4) is 0 Å². The Labute approximate surface area is 194 Å². The van der Waals surface area contributed by atoms with Crippen LogP contribution in [0.5, 0.6) is 0 Å². The number of aliphatic imine (C=N–C) groups is 1. The molecule has 3 rings (SSSR count). The monoisotopic (exact) mass is 520 g/mol. The van der Waals surface area contributed by atoms with E-state index in [0.717, 1.165) is 71.2 Å². The number of amides is 1. The molecule has 0 saturated carbocycles. The van der Waals surface area contributed by atoms with Gasteiger partial charge in [-0.15, -0.1) is 24.0 Å². The molecule has 3 heterocycles. The van der Waals surface area contributed by atoms with Gasteiger partial charge in [-0.3, -0.25) is 19.6 Å². The molecule has 168 valence electrons. The number of likely N-dealkylation sites (tertiary alicyclic amines) is 2. The van der Waals surface area contributed by atoms with Crippen molar-refractivity contribution in [2.75, 3.05) is 66.0 Å². The Morgan fingerprint density at radius 2 is 1.66 bits per heavy atom. The van der Waals surface area contributed by atoms with Gasteiger partial charge in [0.2, 0.25) is 5.91 Å². The average Bonchev–Trinajstić information content (AvgIpc) is 3.26. The summed E-state index contributed by atoms with van der Waals surface area (Å²) in [6.07, 6.45) is 6.34. The number of piperidine rings is 1. The minimum absolute atomic E-state index is 0. The van der Waals surface area contributed by atoms with Crippen LogP contribution in [0.2, 0.25) is 0 Å². The van der Waals surface area contributed by atoms with Crippen molar-refractivity contribution >= 4 is 35.8 Å². The Hall–Kier alpha value is -0.610. The molecular weight excluding hydrogens is 479 g/mol. The lowest BCUT2D eigenvalue weighted by molar-refractivity contribution is -0.135. The number of nitrogens with one attached hydrogen (secondary N) is 1. The fraction of sp³-hybridized carbons (Fsp3) is 0.905. The van der Waals surface area contributed by atoms with Crippen LogP contribution >= 0.6 is 24.0 Å². The summed E-state index contributed by atoms with van der Waals surface area (Å²) in [5.74, 6) is 1.31. The number of carbonyl (C=O) groups excluding carboxylic acids is 1. The highest BCUT2D eigenvalue weighted by molar-refractivity contribution is 14.0. The first kappa shape index (κ1) is 24.7. The number of guanidine groups is 1. The Morgan fingerprint density at radius 1 is 1.00 bits per heavy atom. The molecule has 3 aliphatic rings. The Balaban J connectivity index is 0.00000300. The largest absolute Gasteiger partial charge is 0.355 e. The molecule has 0 aliphatic carbocycles. The summed E-state index contributed by atoms with van der Waals surface area (Å²) in [7, 11) is 1.87. The third-order valence-corrected chi connectivity index (χ3v) is 6.77. The Bertz CT molecular complexity index is 531. The molecule has 0 radical (unpaired) electrons. The van der Waals surface area contributed by atoms with Crippen LogP contribution < -0.4 is 5.32 Å². The van der Waals surface area contributed by atoms with Gasteiger partial charge in [-0.05, 0) is 46.1 Å². The second-order valence-corrected chi connectivity index (χ2v) is 8.59. The smallest absolute Gasteiger partial charge is 0.239 e. The molecule has 2 unspecified atom stereocenters. The van der Waals surface area contributed by atoms with Crippen molar-refractivity contribution in [1.82, 2.24) is 24.9 Å². The van der Waals surface area contributed by atoms with Gasteiger partial charge in [-0.25, -0.2) is 0 Å². The van der Waals surface area contributed by atoms with Crippen LogP contribution in [0, 0.1) is 0 Å². The lowest BCUT2D eigenvalue weighted by atomic mass is 10.0. The second kappa shape index (κ2) is 12.3. The molecule has 1 amide bonds. The predicted octanol–water partition coefficient (Wildman–Crippen LogP) is 1.68. The maximum Gasteiger partial charge on any atom is 0.239 e. The molecule has 0 spiro atoms. The molecule has 0 aromatic heterocycles. The number of nitrogens with zero attached hydrogens (tertiary/aromatic N) is 5. The van der Waals surface area contributed by atoms with Gasteiger partial charge in [-0.1, -0.05) is 6.42 Å². The Morgan fingerprint density at radius 3 is 2.28 bits per heavy atom. The first-order valence-electron chi connectivity index (χ1n) is 11.3. The molecule has 3 fully saturated rings. The predicted molar refractivity (Wildman–Crippen MR) is 130 cm³/mol. The van der Waals surface area contributed by atoms with Crippen molar-refractivity contribution in [1.29, 1.82) is 0 Å². The molecule has 29 heavy (non-hydrogen) atoms. The van der Waals surface area contributed by atoms with Crippen molar-refractivity contribution in [2.24, 2.45) is 4.99 Å². The standard InChI is InChI=1S/C21H40N6O.HI/c1-18-8-4-5-10-24(18)13-9-23-21(22-3)27-16-14-25(15-17-27)19(2)20(28)26-11-6-7-12-26;/h18-19H,4-17H2,1-3H3,(H,22,23);1H. The van der Waals surface area contributed by atoms with E-state index in [0.29, 0.717) is 11.9 Å². The van der Waals surface area contributed by atoms with Gasteiger partial charge in [0.05, 0.1) is 6.04 Å². The van der Waals surface area contributed by atoms with E-state index < -0.39 is 0 Å². The van der Waals surface area contributed by atoms with Crippen LogP contribution in [0.1, 0.15) is 46.0 Å². The van der Waals surface area contributed by atoms with E-state index in [2.05, 4.69) is 38.9 Å². The molecule has 8 heteroatoms. The molecule has 2 atom stereocenters. The number of halogens is 1. The number of hydrogen-bond acceptors (Lipinski definition) is 4. The number of hydrogen-bond donors (Lipinski definition) is 1. The summed E-state index contributed by atoms with van der Waals surface area (Å²) >= 11 is 0. The third kappa shape index (κ3) is 6.69. The molecule has 3 saturated heterocycles. The lowest BCUT2D eigenvalue weighted by Crippen LogP contribution is -2.57. The van der Waals surface area contributed by atoms with Gasteiger partial charge in [-0.2, -0.15) is 0 Å². The average molecular weight is 521 g/mol. The molecule has 0 aromatic carbocycles. The van der Waals surface area contributed by atoms with E-state index in [-0.39, 0.29) is 30.0 Å². The number of carbonyl (C=O) groups is 1. The topological polar surface area (TPSA) is 54.4 Å². The molecular formula is C21H41IN6O. The van der Waals surface area contributed by atoms with Gasteiger partial charge in [0, 0.05) is 65.4 Å². The summed E-state index contributed by atoms with van der Waals surface area (Å²) in [5, 5.41) is 3.56. The van der Waals surface area contributed by atoms with E-state index in [1.54, 1.807) is 0 Å². The van der Waals surface area contributed by atoms with Crippen LogP contribution in [-0.2, 0) is 4.79 Å². The summed E-state index contributed by atoms with van der Waals surface area (Å²) in [5.41, 5.74) is 0. The van der Waals surface area contributed by atoms with Crippen LogP contribution in [0.15, 0.2) is 4.99 Å². The summed E-state index contributed by atoms with van der Waals surface area (Å²) in [4.78, 5) is 26.5. The second-order valence-electron chi connectivity index (χ2n) is 8.59. The van der Waals surface area contributed by atoms with Gasteiger partial charge < -0.3 is 15.1 Å².